The lowest BCUT2D eigenvalue weighted by atomic mass is 10.1. The van der Waals surface area contributed by atoms with Crippen molar-refractivity contribution in [2.24, 2.45) is 5.92 Å². The number of carbonyl (C=O) groups is 1. The molecule has 2 atom stereocenters. The molecule has 0 aliphatic carbocycles. The smallest absolute Gasteiger partial charge is 0.420 e. The van der Waals surface area contributed by atoms with E-state index in [1.165, 1.54) is 37.3 Å². The third kappa shape index (κ3) is 7.00. The lowest BCUT2D eigenvalue weighted by Gasteiger charge is -2.30. The number of nitrogens with zero attached hydrogens (tertiary/aromatic N) is 2. The van der Waals surface area contributed by atoms with Crippen LogP contribution in [0.4, 0.5) is 37.7 Å². The van der Waals surface area contributed by atoms with Crippen LogP contribution in [0, 0.1) is 11.7 Å². The minimum atomic E-state index is -4.80. The Bertz CT molecular complexity index is 1050. The highest BCUT2D eigenvalue weighted by molar-refractivity contribution is 7.97. The minimum Gasteiger partial charge on any atom is -0.492 e. The highest BCUT2D eigenvalue weighted by Gasteiger charge is 2.38. The molecule has 1 heterocycles. The van der Waals surface area contributed by atoms with Crippen molar-refractivity contribution in [1.82, 2.24) is 4.31 Å². The van der Waals surface area contributed by atoms with E-state index < -0.39 is 48.2 Å². The fraction of sp³-hybridized carbons (Fsp3) is 0.458. The first-order valence-electron chi connectivity index (χ1n) is 11.2. The second-order valence-corrected chi connectivity index (χ2v) is 9.76. The number of anilines is 2. The zero-order valence-corrected chi connectivity index (χ0v) is 20.4. The quantitative estimate of drug-likeness (QED) is 0.280. The summed E-state index contributed by atoms with van der Waals surface area (Å²) < 4.78 is 88.2. The molecule has 0 spiro atoms. The van der Waals surface area contributed by atoms with Crippen molar-refractivity contribution >= 4 is 29.3 Å². The number of carboxylic acids is 1. The Morgan fingerprint density at radius 3 is 2.47 bits per heavy atom. The van der Waals surface area contributed by atoms with Gasteiger partial charge in [0.2, 0.25) is 6.43 Å². The van der Waals surface area contributed by atoms with Crippen LogP contribution in [0.15, 0.2) is 41.3 Å². The Morgan fingerprint density at radius 1 is 1.22 bits per heavy atom. The van der Waals surface area contributed by atoms with Crippen molar-refractivity contribution in [2.75, 3.05) is 25.1 Å². The number of ether oxygens (including phenoxy) is 1. The van der Waals surface area contributed by atoms with Crippen LogP contribution in [0.5, 0.6) is 5.75 Å². The number of alkyl halides is 5. The molecule has 1 aliphatic heterocycles. The molecule has 198 valence electrons. The summed E-state index contributed by atoms with van der Waals surface area (Å²) in [4.78, 5) is 13.1. The fourth-order valence-corrected chi connectivity index (χ4v) is 4.81. The van der Waals surface area contributed by atoms with E-state index in [1.54, 1.807) is 16.3 Å². The second-order valence-electron chi connectivity index (χ2n) is 8.56. The third-order valence-electron chi connectivity index (χ3n) is 5.82. The van der Waals surface area contributed by atoms with Crippen molar-refractivity contribution in [3.8, 4) is 5.75 Å². The molecule has 1 aliphatic rings. The maximum atomic E-state index is 14.0. The Balaban J connectivity index is 2.07. The number of likely N-dealkylation sites (N-methyl/N-ethyl adjacent to an activating group) is 1. The van der Waals surface area contributed by atoms with Crippen LogP contribution in [0.3, 0.4) is 0 Å². The predicted octanol–water partition coefficient (Wildman–Crippen LogP) is 6.84. The summed E-state index contributed by atoms with van der Waals surface area (Å²) in [7, 11) is 1.72. The lowest BCUT2D eigenvalue weighted by Crippen LogP contribution is -2.35. The van der Waals surface area contributed by atoms with E-state index in [-0.39, 0.29) is 31.1 Å². The molecule has 3 rings (SSSR count). The van der Waals surface area contributed by atoms with Gasteiger partial charge in [-0.3, -0.25) is 4.79 Å². The summed E-state index contributed by atoms with van der Waals surface area (Å²) in [6.45, 7) is 1.04. The number of hydrogen-bond acceptors (Lipinski definition) is 5. The number of carboxylic acid groups (broad SMARTS) is 1. The monoisotopic (exact) mass is 536 g/mol. The molecule has 0 aromatic heterocycles. The van der Waals surface area contributed by atoms with Gasteiger partial charge < -0.3 is 14.7 Å². The molecule has 0 saturated carbocycles. The summed E-state index contributed by atoms with van der Waals surface area (Å²) in [5.74, 6) is -3.26. The van der Waals surface area contributed by atoms with Crippen LogP contribution in [-0.2, 0) is 11.0 Å². The first-order valence-corrected chi connectivity index (χ1v) is 12.0. The maximum Gasteiger partial charge on any atom is 0.420 e. The number of fused-ring (bicyclic) bond motifs is 1. The molecule has 0 bridgehead atoms. The molecule has 0 radical (unpaired) electrons. The van der Waals surface area contributed by atoms with Gasteiger partial charge in [0.05, 0.1) is 22.1 Å². The summed E-state index contributed by atoms with van der Waals surface area (Å²) in [5, 5.41) is 9.07. The van der Waals surface area contributed by atoms with Gasteiger partial charge in [-0.1, -0.05) is 0 Å². The zero-order valence-electron chi connectivity index (χ0n) is 19.6. The molecular formula is C24H26F6N2O3S. The van der Waals surface area contributed by atoms with Crippen molar-refractivity contribution in [3.63, 3.8) is 0 Å². The van der Waals surface area contributed by atoms with Gasteiger partial charge in [0.25, 0.3) is 0 Å². The number of benzene rings is 2. The number of rotatable bonds is 9. The molecule has 12 heteroatoms. The molecule has 0 fully saturated rings. The summed E-state index contributed by atoms with van der Waals surface area (Å²) in [6, 6.07) is 7.11. The maximum absolute atomic E-state index is 14.0. The van der Waals surface area contributed by atoms with Crippen LogP contribution in [-0.4, -0.2) is 48.0 Å². The molecule has 0 amide bonds. The molecule has 2 aromatic rings. The Kier molecular flexibility index (Phi) is 9.04. The van der Waals surface area contributed by atoms with Crippen molar-refractivity contribution in [1.29, 1.82) is 0 Å². The molecule has 2 aromatic carbocycles. The van der Waals surface area contributed by atoms with Crippen LogP contribution >= 0.6 is 11.9 Å². The topological polar surface area (TPSA) is 53.0 Å². The fourth-order valence-electron chi connectivity index (χ4n) is 3.76. The first kappa shape index (κ1) is 28.0. The minimum absolute atomic E-state index is 0.179. The Labute approximate surface area is 209 Å². The van der Waals surface area contributed by atoms with E-state index in [0.717, 1.165) is 18.0 Å². The van der Waals surface area contributed by atoms with Gasteiger partial charge in [0.15, 0.2) is 0 Å². The Morgan fingerprint density at radius 2 is 1.89 bits per heavy atom. The van der Waals surface area contributed by atoms with E-state index in [1.807, 2.05) is 0 Å². The summed E-state index contributed by atoms with van der Waals surface area (Å²) >= 11 is 1.14. The van der Waals surface area contributed by atoms with Gasteiger partial charge in [-0.05, 0) is 75.2 Å². The molecular weight excluding hydrogens is 510 g/mol. The van der Waals surface area contributed by atoms with Gasteiger partial charge in [-0.2, -0.15) is 13.2 Å². The highest BCUT2D eigenvalue weighted by atomic mass is 32.2. The average Bonchev–Trinajstić information content (AvgIpc) is 2.92. The van der Waals surface area contributed by atoms with Gasteiger partial charge in [-0.25, -0.2) is 17.5 Å². The normalized spacial score (nSPS) is 17.6. The Hall–Kier alpha value is -2.60. The van der Waals surface area contributed by atoms with E-state index in [9.17, 15) is 31.1 Å². The first-order chi connectivity index (χ1) is 16.9. The van der Waals surface area contributed by atoms with Crippen molar-refractivity contribution in [2.45, 2.75) is 49.7 Å². The molecule has 2 unspecified atom stereocenters. The van der Waals surface area contributed by atoms with Crippen LogP contribution in [0.1, 0.15) is 31.7 Å². The number of aliphatic carboxylic acids is 1. The number of halogens is 6. The highest BCUT2D eigenvalue weighted by Crippen LogP contribution is 2.47. The average molecular weight is 537 g/mol. The van der Waals surface area contributed by atoms with Crippen molar-refractivity contribution < 1.29 is 41.0 Å². The molecule has 5 nitrogen and oxygen atoms in total. The molecule has 0 saturated heterocycles. The van der Waals surface area contributed by atoms with Gasteiger partial charge in [0.1, 0.15) is 18.2 Å². The van der Waals surface area contributed by atoms with Gasteiger partial charge in [0, 0.05) is 24.7 Å². The van der Waals surface area contributed by atoms with Crippen molar-refractivity contribution in [3.05, 3.63) is 47.8 Å². The third-order valence-corrected chi connectivity index (χ3v) is 6.93. The summed E-state index contributed by atoms with van der Waals surface area (Å²) in [5.41, 5.74) is -0.445. The molecule has 36 heavy (non-hydrogen) atoms. The van der Waals surface area contributed by atoms with Crippen LogP contribution < -0.4 is 9.64 Å². The zero-order chi connectivity index (χ0) is 26.6. The number of hydrogen-bond donors (Lipinski definition) is 1. The second kappa shape index (κ2) is 11.6. The van der Waals surface area contributed by atoms with Crippen LogP contribution in [0.25, 0.3) is 0 Å². The van der Waals surface area contributed by atoms with E-state index in [4.69, 9.17) is 9.84 Å². The van der Waals surface area contributed by atoms with Gasteiger partial charge >= 0.3 is 12.1 Å². The SMILES string of the molecule is CC(COc1cc2c(cc1C(F)(F)F)N(c1ccc(F)cc1)CC(CCCC(F)F)N(C)S2)C(=O)O. The standard InChI is InChI=1S/C24H26F6N2O3S/c1-14(23(33)34)13-35-20-11-21-19(10-18(20)24(28,29)30)32(16-8-6-15(25)7-9-16)12-17(31(2)36-21)4-3-5-22(26)27/h6-11,14,17,22H,3-5,12-13H2,1-2H3,(H,33,34). The lowest BCUT2D eigenvalue weighted by molar-refractivity contribution is -0.142. The largest absolute Gasteiger partial charge is 0.492 e. The van der Waals surface area contributed by atoms with Gasteiger partial charge in [-0.15, -0.1) is 0 Å². The van der Waals surface area contributed by atoms with E-state index >= 15 is 0 Å². The van der Waals surface area contributed by atoms with E-state index in [0.29, 0.717) is 17.0 Å². The molecule has 1 N–H and O–H groups in total. The van der Waals surface area contributed by atoms with E-state index in [2.05, 4.69) is 0 Å². The summed E-state index contributed by atoms with van der Waals surface area (Å²) in [6.07, 6.45) is -6.97. The predicted molar refractivity (Wildman–Crippen MR) is 124 cm³/mol. The van der Waals surface area contributed by atoms with Crippen LogP contribution in [0.2, 0.25) is 0 Å².